The van der Waals surface area contributed by atoms with Crippen molar-refractivity contribution in [3.05, 3.63) is 12.2 Å². The van der Waals surface area contributed by atoms with E-state index in [4.69, 9.17) is 0 Å². The molecule has 11 heavy (non-hydrogen) atoms. The van der Waals surface area contributed by atoms with Crippen LogP contribution in [0.4, 0.5) is 0 Å². The zero-order valence-electron chi connectivity index (χ0n) is 7.02. The standard InChI is InChI=1S/C9H16Br2/c1-2-3-4-6-9(11)7-5-8-10/h5,7,9H,2-4,6,8H2,1H3. The molecule has 0 aliphatic carbocycles. The van der Waals surface area contributed by atoms with E-state index in [1.54, 1.807) is 0 Å². The van der Waals surface area contributed by atoms with E-state index in [-0.39, 0.29) is 0 Å². The van der Waals surface area contributed by atoms with Crippen molar-refractivity contribution >= 4 is 31.9 Å². The maximum atomic E-state index is 3.60. The highest BCUT2D eigenvalue weighted by atomic mass is 79.9. The number of hydrogen-bond donors (Lipinski definition) is 0. The lowest BCUT2D eigenvalue weighted by Crippen LogP contribution is -1.91. The zero-order valence-corrected chi connectivity index (χ0v) is 10.2. The van der Waals surface area contributed by atoms with Crippen LogP contribution in [-0.4, -0.2) is 10.2 Å². The van der Waals surface area contributed by atoms with Crippen LogP contribution in [0, 0.1) is 0 Å². The molecule has 0 aromatic rings. The molecule has 2 heteroatoms. The van der Waals surface area contributed by atoms with Crippen LogP contribution in [0.1, 0.15) is 32.6 Å². The fraction of sp³-hybridized carbons (Fsp3) is 0.778. The van der Waals surface area contributed by atoms with Crippen LogP contribution in [0.2, 0.25) is 0 Å². The van der Waals surface area contributed by atoms with Gasteiger partial charge in [-0.3, -0.25) is 0 Å². The third kappa shape index (κ3) is 8.61. The predicted octanol–water partition coefficient (Wildman–Crippen LogP) is 4.28. The molecule has 0 radical (unpaired) electrons. The van der Waals surface area contributed by atoms with Gasteiger partial charge >= 0.3 is 0 Å². The van der Waals surface area contributed by atoms with Gasteiger partial charge in [-0.05, 0) is 6.42 Å². The summed E-state index contributed by atoms with van der Waals surface area (Å²) in [5.41, 5.74) is 0. The molecule has 66 valence electrons. The summed E-state index contributed by atoms with van der Waals surface area (Å²) in [5.74, 6) is 0. The molecule has 0 heterocycles. The Bertz CT molecular complexity index is 99.7. The minimum Gasteiger partial charge on any atom is -0.0883 e. The Morgan fingerprint density at radius 2 is 2.09 bits per heavy atom. The van der Waals surface area contributed by atoms with E-state index in [0.717, 1.165) is 5.33 Å². The van der Waals surface area contributed by atoms with E-state index >= 15 is 0 Å². The van der Waals surface area contributed by atoms with Crippen LogP contribution in [0.3, 0.4) is 0 Å². The van der Waals surface area contributed by atoms with E-state index in [1.165, 1.54) is 25.7 Å². The van der Waals surface area contributed by atoms with Crippen molar-refractivity contribution in [2.75, 3.05) is 5.33 Å². The zero-order chi connectivity index (χ0) is 8.53. The SMILES string of the molecule is CCCCCC(Br)C=CCBr. The summed E-state index contributed by atoms with van der Waals surface area (Å²) >= 11 is 6.95. The van der Waals surface area contributed by atoms with Gasteiger partial charge in [0.2, 0.25) is 0 Å². The number of unbranched alkanes of at least 4 members (excludes halogenated alkanes) is 2. The van der Waals surface area contributed by atoms with Gasteiger partial charge in [-0.1, -0.05) is 70.2 Å². The van der Waals surface area contributed by atoms with Crippen molar-refractivity contribution in [1.82, 2.24) is 0 Å². The lowest BCUT2D eigenvalue weighted by atomic mass is 10.1. The topological polar surface area (TPSA) is 0 Å². The van der Waals surface area contributed by atoms with E-state index in [2.05, 4.69) is 50.9 Å². The van der Waals surface area contributed by atoms with Gasteiger partial charge in [0, 0.05) is 10.2 Å². The number of halogens is 2. The number of rotatable bonds is 6. The van der Waals surface area contributed by atoms with Gasteiger partial charge in [0.05, 0.1) is 0 Å². The molecule has 0 saturated heterocycles. The Balaban J connectivity index is 3.21. The Kier molecular flexibility index (Phi) is 9.35. The fourth-order valence-electron chi connectivity index (χ4n) is 0.885. The Hall–Kier alpha value is 0.700. The average Bonchev–Trinajstić information content (AvgIpc) is 2.01. The summed E-state index contributed by atoms with van der Waals surface area (Å²) in [6, 6.07) is 0. The molecule has 0 aliphatic rings. The molecule has 0 fully saturated rings. The first kappa shape index (κ1) is 11.7. The maximum absolute atomic E-state index is 3.60. The number of allylic oxidation sites excluding steroid dienone is 2. The van der Waals surface area contributed by atoms with Gasteiger partial charge in [-0.25, -0.2) is 0 Å². The first-order valence-corrected chi connectivity index (χ1v) is 6.21. The van der Waals surface area contributed by atoms with Crippen molar-refractivity contribution in [2.45, 2.75) is 37.4 Å². The highest BCUT2D eigenvalue weighted by Crippen LogP contribution is 2.12. The van der Waals surface area contributed by atoms with Crippen molar-refractivity contribution in [1.29, 1.82) is 0 Å². The maximum Gasteiger partial charge on any atom is 0.0325 e. The molecule has 0 aromatic heterocycles. The molecule has 0 amide bonds. The summed E-state index contributed by atoms with van der Waals surface area (Å²) in [5, 5.41) is 0.961. The van der Waals surface area contributed by atoms with Crippen LogP contribution in [-0.2, 0) is 0 Å². The number of alkyl halides is 2. The summed E-state index contributed by atoms with van der Waals surface area (Å²) in [7, 11) is 0. The smallest absolute Gasteiger partial charge is 0.0325 e. The fourth-order valence-corrected chi connectivity index (χ4v) is 1.64. The molecule has 0 rings (SSSR count). The van der Waals surface area contributed by atoms with Gasteiger partial charge in [0.15, 0.2) is 0 Å². The first-order valence-electron chi connectivity index (χ1n) is 4.18. The second-order valence-electron chi connectivity index (χ2n) is 2.59. The third-order valence-corrected chi connectivity index (χ3v) is 2.65. The lowest BCUT2D eigenvalue weighted by Gasteiger charge is -2.01. The second kappa shape index (κ2) is 8.79. The molecular weight excluding hydrogens is 268 g/mol. The van der Waals surface area contributed by atoms with Crippen molar-refractivity contribution in [3.63, 3.8) is 0 Å². The molecule has 0 nitrogen and oxygen atoms in total. The summed E-state index contributed by atoms with van der Waals surface area (Å²) in [6.07, 6.45) is 9.61. The minimum absolute atomic E-state index is 0.576. The normalized spacial score (nSPS) is 14.1. The highest BCUT2D eigenvalue weighted by molar-refractivity contribution is 9.09. The van der Waals surface area contributed by atoms with Crippen LogP contribution in [0.5, 0.6) is 0 Å². The van der Waals surface area contributed by atoms with Crippen molar-refractivity contribution < 1.29 is 0 Å². The molecule has 1 atom stereocenters. The molecule has 0 aliphatic heterocycles. The molecular formula is C9H16Br2. The van der Waals surface area contributed by atoms with E-state index < -0.39 is 0 Å². The molecule has 0 aromatic carbocycles. The van der Waals surface area contributed by atoms with Crippen LogP contribution in [0.15, 0.2) is 12.2 Å². The van der Waals surface area contributed by atoms with Crippen LogP contribution in [0.25, 0.3) is 0 Å². The largest absolute Gasteiger partial charge is 0.0883 e. The second-order valence-corrected chi connectivity index (χ2v) is 4.42. The van der Waals surface area contributed by atoms with Crippen molar-refractivity contribution in [2.24, 2.45) is 0 Å². The van der Waals surface area contributed by atoms with Gasteiger partial charge < -0.3 is 0 Å². The summed E-state index contributed by atoms with van der Waals surface area (Å²) < 4.78 is 0. The van der Waals surface area contributed by atoms with E-state index in [1.807, 2.05) is 0 Å². The monoisotopic (exact) mass is 282 g/mol. The summed E-state index contributed by atoms with van der Waals surface area (Å²) in [4.78, 5) is 0.576. The molecule has 0 saturated carbocycles. The van der Waals surface area contributed by atoms with Crippen LogP contribution < -0.4 is 0 Å². The predicted molar refractivity (Wildman–Crippen MR) is 59.8 cm³/mol. The van der Waals surface area contributed by atoms with E-state index in [0.29, 0.717) is 4.83 Å². The van der Waals surface area contributed by atoms with Gasteiger partial charge in [-0.15, -0.1) is 0 Å². The van der Waals surface area contributed by atoms with Gasteiger partial charge in [-0.2, -0.15) is 0 Å². The first-order chi connectivity index (χ1) is 5.31. The van der Waals surface area contributed by atoms with E-state index in [9.17, 15) is 0 Å². The average molecular weight is 284 g/mol. The lowest BCUT2D eigenvalue weighted by molar-refractivity contribution is 0.684. The Morgan fingerprint density at radius 1 is 1.36 bits per heavy atom. The number of hydrogen-bond acceptors (Lipinski definition) is 0. The summed E-state index contributed by atoms with van der Waals surface area (Å²) in [6.45, 7) is 2.23. The quantitative estimate of drug-likeness (QED) is 0.388. The van der Waals surface area contributed by atoms with Crippen molar-refractivity contribution in [3.8, 4) is 0 Å². The minimum atomic E-state index is 0.576. The molecule has 0 bridgehead atoms. The third-order valence-electron chi connectivity index (χ3n) is 1.52. The van der Waals surface area contributed by atoms with Crippen LogP contribution >= 0.6 is 31.9 Å². The van der Waals surface area contributed by atoms with Gasteiger partial charge in [0.25, 0.3) is 0 Å². The Labute approximate surface area is 86.7 Å². The Morgan fingerprint density at radius 3 is 2.64 bits per heavy atom. The highest BCUT2D eigenvalue weighted by Gasteiger charge is 1.96. The molecule has 0 spiro atoms. The molecule has 1 unspecified atom stereocenters. The molecule has 0 N–H and O–H groups in total. The van der Waals surface area contributed by atoms with Gasteiger partial charge in [0.1, 0.15) is 0 Å².